The van der Waals surface area contributed by atoms with Crippen molar-refractivity contribution in [1.29, 1.82) is 0 Å². The van der Waals surface area contributed by atoms with E-state index >= 15 is 0 Å². The van der Waals surface area contributed by atoms with E-state index in [2.05, 4.69) is 5.32 Å². The number of rotatable bonds is 4. The zero-order valence-corrected chi connectivity index (χ0v) is 9.71. The van der Waals surface area contributed by atoms with Crippen molar-refractivity contribution in [1.82, 2.24) is 0 Å². The van der Waals surface area contributed by atoms with Crippen LogP contribution in [0, 0.1) is 5.82 Å². The molecule has 0 bridgehead atoms. The van der Waals surface area contributed by atoms with Crippen LogP contribution in [-0.2, 0) is 4.79 Å². The first-order valence-electron chi connectivity index (χ1n) is 5.00. The molecule has 0 saturated heterocycles. The summed E-state index contributed by atoms with van der Waals surface area (Å²) in [5.41, 5.74) is 6.80. The number of halogens is 1. The highest BCUT2D eigenvalue weighted by Gasteiger charge is 2.17. The van der Waals surface area contributed by atoms with E-state index in [1.165, 1.54) is 23.5 Å². The quantitative estimate of drug-likeness (QED) is 0.876. The van der Waals surface area contributed by atoms with Gasteiger partial charge in [-0.3, -0.25) is 4.79 Å². The Kier molecular flexibility index (Phi) is 3.39. The molecule has 0 saturated carbocycles. The first-order valence-corrected chi connectivity index (χ1v) is 5.94. The van der Waals surface area contributed by atoms with Crippen molar-refractivity contribution in [2.75, 3.05) is 5.32 Å². The van der Waals surface area contributed by atoms with Crippen molar-refractivity contribution >= 4 is 22.9 Å². The molecule has 1 aromatic carbocycles. The number of carbonyl (C=O) groups is 1. The zero-order valence-electron chi connectivity index (χ0n) is 8.89. The summed E-state index contributed by atoms with van der Waals surface area (Å²) in [6, 6.07) is 7.03. The van der Waals surface area contributed by atoms with E-state index in [-0.39, 0.29) is 5.82 Å². The van der Waals surface area contributed by atoms with Crippen molar-refractivity contribution in [3.63, 3.8) is 0 Å². The summed E-state index contributed by atoms with van der Waals surface area (Å²) in [5.74, 6) is -0.783. The van der Waals surface area contributed by atoms with Gasteiger partial charge in [-0.25, -0.2) is 4.39 Å². The van der Waals surface area contributed by atoms with Gasteiger partial charge in [0, 0.05) is 5.69 Å². The van der Waals surface area contributed by atoms with Crippen molar-refractivity contribution in [2.45, 2.75) is 6.04 Å². The van der Waals surface area contributed by atoms with E-state index in [1.807, 2.05) is 16.8 Å². The molecule has 1 unspecified atom stereocenters. The third kappa shape index (κ3) is 2.82. The number of carbonyl (C=O) groups excluding carboxylic acids is 1. The molecule has 1 aromatic heterocycles. The lowest BCUT2D eigenvalue weighted by Gasteiger charge is -2.15. The molecule has 0 aliphatic carbocycles. The Bertz CT molecular complexity index is 496. The highest BCUT2D eigenvalue weighted by Crippen LogP contribution is 2.21. The third-order valence-corrected chi connectivity index (χ3v) is 3.02. The van der Waals surface area contributed by atoms with Gasteiger partial charge >= 0.3 is 0 Å². The number of amides is 1. The van der Waals surface area contributed by atoms with Gasteiger partial charge in [-0.05, 0) is 46.7 Å². The van der Waals surface area contributed by atoms with Crippen LogP contribution in [0.3, 0.4) is 0 Å². The number of anilines is 1. The van der Waals surface area contributed by atoms with E-state index in [4.69, 9.17) is 5.73 Å². The summed E-state index contributed by atoms with van der Waals surface area (Å²) in [4.78, 5) is 11.4. The monoisotopic (exact) mass is 250 g/mol. The Morgan fingerprint density at radius 3 is 2.53 bits per heavy atom. The second-order valence-electron chi connectivity index (χ2n) is 3.54. The number of thiophene rings is 1. The van der Waals surface area contributed by atoms with E-state index in [1.54, 1.807) is 12.1 Å². The Morgan fingerprint density at radius 1 is 1.29 bits per heavy atom. The van der Waals surface area contributed by atoms with Gasteiger partial charge in [-0.2, -0.15) is 11.3 Å². The minimum absolute atomic E-state index is 0.318. The van der Waals surface area contributed by atoms with Gasteiger partial charge in [-0.1, -0.05) is 0 Å². The number of benzene rings is 1. The average Bonchev–Trinajstić information content (AvgIpc) is 2.81. The molecule has 1 amide bonds. The van der Waals surface area contributed by atoms with Crippen LogP contribution in [-0.4, -0.2) is 5.91 Å². The van der Waals surface area contributed by atoms with Crippen molar-refractivity contribution in [3.05, 3.63) is 52.5 Å². The number of primary amides is 1. The second kappa shape index (κ2) is 4.97. The van der Waals surface area contributed by atoms with Gasteiger partial charge in [0.25, 0.3) is 0 Å². The largest absolute Gasteiger partial charge is 0.370 e. The maximum atomic E-state index is 12.7. The summed E-state index contributed by atoms with van der Waals surface area (Å²) in [6.45, 7) is 0. The number of nitrogens with two attached hydrogens (primary N) is 1. The van der Waals surface area contributed by atoms with Crippen LogP contribution in [0.4, 0.5) is 10.1 Å². The highest BCUT2D eigenvalue weighted by atomic mass is 32.1. The van der Waals surface area contributed by atoms with Gasteiger partial charge < -0.3 is 11.1 Å². The number of hydrogen-bond donors (Lipinski definition) is 2. The summed E-state index contributed by atoms with van der Waals surface area (Å²) in [7, 11) is 0. The molecule has 0 aliphatic heterocycles. The fraction of sp³-hybridized carbons (Fsp3) is 0.0833. The maximum Gasteiger partial charge on any atom is 0.244 e. The second-order valence-corrected chi connectivity index (χ2v) is 4.32. The summed E-state index contributed by atoms with van der Waals surface area (Å²) in [6.07, 6.45) is 0. The number of hydrogen-bond acceptors (Lipinski definition) is 3. The molecule has 17 heavy (non-hydrogen) atoms. The molecule has 5 heteroatoms. The fourth-order valence-corrected chi connectivity index (χ4v) is 2.16. The van der Waals surface area contributed by atoms with Crippen LogP contribution in [0.5, 0.6) is 0 Å². The van der Waals surface area contributed by atoms with Gasteiger partial charge in [0.05, 0.1) is 0 Å². The molecule has 3 N–H and O–H groups in total. The average molecular weight is 250 g/mol. The van der Waals surface area contributed by atoms with Gasteiger partial charge in [0.15, 0.2) is 0 Å². The predicted molar refractivity (Wildman–Crippen MR) is 66.3 cm³/mol. The molecule has 0 radical (unpaired) electrons. The summed E-state index contributed by atoms with van der Waals surface area (Å²) < 4.78 is 12.7. The molecular formula is C12H11FN2OS. The van der Waals surface area contributed by atoms with Gasteiger partial charge in [0.2, 0.25) is 5.91 Å². The Morgan fingerprint density at radius 2 is 2.00 bits per heavy atom. The lowest BCUT2D eigenvalue weighted by atomic mass is 10.1. The van der Waals surface area contributed by atoms with Crippen LogP contribution in [0.1, 0.15) is 11.6 Å². The molecule has 88 valence electrons. The molecule has 0 spiro atoms. The standard InChI is InChI=1S/C12H11FN2OS/c13-9-1-3-10(4-2-9)15-11(12(14)16)8-5-6-17-7-8/h1-7,11,15H,(H2,14,16). The molecule has 1 heterocycles. The Labute approximate surface area is 102 Å². The van der Waals surface area contributed by atoms with E-state index in [0.717, 1.165) is 5.56 Å². The molecule has 0 aliphatic rings. The summed E-state index contributed by atoms with van der Waals surface area (Å²) >= 11 is 1.49. The van der Waals surface area contributed by atoms with Crippen LogP contribution in [0.2, 0.25) is 0 Å². The molecular weight excluding hydrogens is 239 g/mol. The van der Waals surface area contributed by atoms with E-state index in [9.17, 15) is 9.18 Å². The topological polar surface area (TPSA) is 55.1 Å². The van der Waals surface area contributed by atoms with Crippen LogP contribution >= 0.6 is 11.3 Å². The molecule has 2 aromatic rings. The normalized spacial score (nSPS) is 12.1. The van der Waals surface area contributed by atoms with E-state index < -0.39 is 11.9 Å². The van der Waals surface area contributed by atoms with Crippen molar-refractivity contribution in [2.24, 2.45) is 5.73 Å². The molecule has 1 atom stereocenters. The fourth-order valence-electron chi connectivity index (χ4n) is 1.47. The Balaban J connectivity index is 2.19. The molecule has 3 nitrogen and oxygen atoms in total. The SMILES string of the molecule is NC(=O)C(Nc1ccc(F)cc1)c1ccsc1. The van der Waals surface area contributed by atoms with Gasteiger partial charge in [0.1, 0.15) is 11.9 Å². The summed E-state index contributed by atoms with van der Waals surface area (Å²) in [5, 5.41) is 6.70. The predicted octanol–water partition coefficient (Wildman–Crippen LogP) is 2.53. The van der Waals surface area contributed by atoms with Gasteiger partial charge in [-0.15, -0.1) is 0 Å². The first kappa shape index (κ1) is 11.6. The first-order chi connectivity index (χ1) is 8.16. The lowest BCUT2D eigenvalue weighted by Crippen LogP contribution is -2.27. The zero-order chi connectivity index (χ0) is 12.3. The van der Waals surface area contributed by atoms with Crippen molar-refractivity contribution < 1.29 is 9.18 Å². The highest BCUT2D eigenvalue weighted by molar-refractivity contribution is 7.08. The number of nitrogens with one attached hydrogen (secondary N) is 1. The molecule has 0 fully saturated rings. The third-order valence-electron chi connectivity index (χ3n) is 2.32. The smallest absolute Gasteiger partial charge is 0.244 e. The maximum absolute atomic E-state index is 12.7. The Hall–Kier alpha value is -1.88. The van der Waals surface area contributed by atoms with Crippen LogP contribution in [0.25, 0.3) is 0 Å². The van der Waals surface area contributed by atoms with Crippen molar-refractivity contribution in [3.8, 4) is 0 Å². The minimum atomic E-state index is -0.591. The molecule has 2 rings (SSSR count). The van der Waals surface area contributed by atoms with Crippen LogP contribution < -0.4 is 11.1 Å². The van der Waals surface area contributed by atoms with E-state index in [0.29, 0.717) is 5.69 Å². The lowest BCUT2D eigenvalue weighted by molar-refractivity contribution is -0.118. The minimum Gasteiger partial charge on any atom is -0.370 e. The van der Waals surface area contributed by atoms with Crippen LogP contribution in [0.15, 0.2) is 41.1 Å².